The van der Waals surface area contributed by atoms with E-state index < -0.39 is 0 Å². The minimum Gasteiger partial charge on any atom is -0.395 e. The maximum atomic E-state index is 12.3. The summed E-state index contributed by atoms with van der Waals surface area (Å²) in [7, 11) is 3.47. The van der Waals surface area contributed by atoms with Crippen LogP contribution in [0.25, 0.3) is 10.8 Å². The monoisotopic (exact) mass is 259 g/mol. The highest BCUT2D eigenvalue weighted by molar-refractivity contribution is 6.09. The number of hydrogen-bond donors (Lipinski definition) is 2. The number of nitrogens with zero attached hydrogens (tertiary/aromatic N) is 2. The lowest BCUT2D eigenvalue weighted by Crippen LogP contribution is -2.29. The van der Waals surface area contributed by atoms with E-state index >= 15 is 0 Å². The second-order valence-corrected chi connectivity index (χ2v) is 4.27. The number of aromatic nitrogens is 1. The molecule has 0 unspecified atom stereocenters. The number of hydrogen-bond acceptors (Lipinski definition) is 4. The zero-order valence-corrected chi connectivity index (χ0v) is 11.1. The van der Waals surface area contributed by atoms with Crippen LogP contribution in [0.15, 0.2) is 30.5 Å². The number of aliphatic hydroxyl groups is 1. The Balaban J connectivity index is 2.53. The SMILES string of the molecule is CNc1ncc(C(=O)N(C)CCO)c2ccccc12. The second-order valence-electron chi connectivity index (χ2n) is 4.27. The van der Waals surface area contributed by atoms with Gasteiger partial charge in [-0.15, -0.1) is 0 Å². The van der Waals surface area contributed by atoms with Crippen LogP contribution >= 0.6 is 0 Å². The van der Waals surface area contributed by atoms with E-state index in [0.717, 1.165) is 16.6 Å². The summed E-state index contributed by atoms with van der Waals surface area (Å²) in [6.45, 7) is 0.253. The van der Waals surface area contributed by atoms with Crippen LogP contribution in [-0.2, 0) is 0 Å². The van der Waals surface area contributed by atoms with Gasteiger partial charge in [-0.25, -0.2) is 4.98 Å². The maximum Gasteiger partial charge on any atom is 0.255 e. The summed E-state index contributed by atoms with van der Waals surface area (Å²) in [5.74, 6) is 0.609. The molecule has 0 aliphatic carbocycles. The first kappa shape index (κ1) is 13.3. The average Bonchev–Trinajstić information content (AvgIpc) is 2.45. The molecular weight excluding hydrogens is 242 g/mol. The van der Waals surface area contributed by atoms with Crippen molar-refractivity contribution in [1.82, 2.24) is 9.88 Å². The second kappa shape index (κ2) is 5.67. The number of fused-ring (bicyclic) bond motifs is 1. The van der Waals surface area contributed by atoms with E-state index in [0.29, 0.717) is 12.1 Å². The van der Waals surface area contributed by atoms with Crippen LogP contribution in [-0.4, -0.2) is 48.1 Å². The third-order valence-corrected chi connectivity index (χ3v) is 3.04. The summed E-state index contributed by atoms with van der Waals surface area (Å²) in [4.78, 5) is 18.1. The van der Waals surface area contributed by atoms with E-state index in [1.54, 1.807) is 20.3 Å². The van der Waals surface area contributed by atoms with Crippen molar-refractivity contribution in [1.29, 1.82) is 0 Å². The topological polar surface area (TPSA) is 65.5 Å². The fourth-order valence-electron chi connectivity index (χ4n) is 2.02. The Bertz CT molecular complexity index is 598. The third-order valence-electron chi connectivity index (χ3n) is 3.04. The molecule has 5 nitrogen and oxygen atoms in total. The standard InChI is InChI=1S/C14H17N3O2/c1-15-13-11-6-4-3-5-10(11)12(9-16-13)14(19)17(2)7-8-18/h3-6,9,18H,7-8H2,1-2H3,(H,15,16). The molecule has 0 aliphatic heterocycles. The number of amides is 1. The number of aliphatic hydroxyl groups excluding tert-OH is 1. The molecule has 0 saturated heterocycles. The van der Waals surface area contributed by atoms with Crippen LogP contribution in [0, 0.1) is 0 Å². The lowest BCUT2D eigenvalue weighted by Gasteiger charge is -2.17. The van der Waals surface area contributed by atoms with E-state index in [1.165, 1.54) is 4.90 Å². The molecule has 0 bridgehead atoms. The van der Waals surface area contributed by atoms with E-state index in [9.17, 15) is 4.79 Å². The fraction of sp³-hybridized carbons (Fsp3) is 0.286. The van der Waals surface area contributed by atoms with Gasteiger partial charge in [-0.2, -0.15) is 0 Å². The number of likely N-dealkylation sites (N-methyl/N-ethyl adjacent to an activating group) is 1. The molecule has 0 atom stereocenters. The van der Waals surface area contributed by atoms with Crippen molar-refractivity contribution in [3.8, 4) is 0 Å². The van der Waals surface area contributed by atoms with Crippen molar-refractivity contribution < 1.29 is 9.90 Å². The lowest BCUT2D eigenvalue weighted by atomic mass is 10.1. The van der Waals surface area contributed by atoms with Crippen molar-refractivity contribution in [3.05, 3.63) is 36.0 Å². The summed E-state index contributed by atoms with van der Waals surface area (Å²) >= 11 is 0. The number of benzene rings is 1. The van der Waals surface area contributed by atoms with E-state index in [-0.39, 0.29) is 12.5 Å². The minimum atomic E-state index is -0.139. The molecule has 1 aromatic carbocycles. The van der Waals surface area contributed by atoms with Crippen LogP contribution in [0.5, 0.6) is 0 Å². The Hall–Kier alpha value is -2.14. The summed E-state index contributed by atoms with van der Waals surface area (Å²) in [5.41, 5.74) is 0.547. The number of anilines is 1. The lowest BCUT2D eigenvalue weighted by molar-refractivity contribution is 0.0768. The molecular formula is C14H17N3O2. The smallest absolute Gasteiger partial charge is 0.255 e. The number of carbonyl (C=O) groups excluding carboxylic acids is 1. The molecule has 0 radical (unpaired) electrons. The molecule has 0 fully saturated rings. The van der Waals surface area contributed by atoms with Gasteiger partial charge in [0.25, 0.3) is 5.91 Å². The van der Waals surface area contributed by atoms with Crippen LogP contribution in [0.3, 0.4) is 0 Å². The summed E-state index contributed by atoms with van der Waals surface area (Å²) in [6, 6.07) is 7.63. The predicted molar refractivity (Wildman–Crippen MR) is 75.3 cm³/mol. The van der Waals surface area contributed by atoms with Gasteiger partial charge < -0.3 is 15.3 Å². The van der Waals surface area contributed by atoms with E-state index in [1.807, 2.05) is 24.3 Å². The zero-order chi connectivity index (χ0) is 13.8. The summed E-state index contributed by atoms with van der Waals surface area (Å²) < 4.78 is 0. The van der Waals surface area contributed by atoms with Gasteiger partial charge in [0.05, 0.1) is 12.2 Å². The largest absolute Gasteiger partial charge is 0.395 e. The predicted octanol–water partition coefficient (Wildman–Crippen LogP) is 1.34. The van der Waals surface area contributed by atoms with Crippen LogP contribution in [0.1, 0.15) is 10.4 Å². The highest BCUT2D eigenvalue weighted by Crippen LogP contribution is 2.24. The van der Waals surface area contributed by atoms with Crippen molar-refractivity contribution in [2.75, 3.05) is 32.6 Å². The average molecular weight is 259 g/mol. The normalized spacial score (nSPS) is 10.5. The van der Waals surface area contributed by atoms with Gasteiger partial charge in [0.15, 0.2) is 0 Å². The van der Waals surface area contributed by atoms with E-state index in [4.69, 9.17) is 5.11 Å². The molecule has 1 heterocycles. The molecule has 2 aromatic rings. The molecule has 1 aromatic heterocycles. The summed E-state index contributed by atoms with van der Waals surface area (Å²) in [6.07, 6.45) is 1.57. The first-order valence-corrected chi connectivity index (χ1v) is 6.11. The van der Waals surface area contributed by atoms with Crippen molar-refractivity contribution in [3.63, 3.8) is 0 Å². The van der Waals surface area contributed by atoms with Gasteiger partial charge in [-0.05, 0) is 5.39 Å². The molecule has 0 spiro atoms. The van der Waals surface area contributed by atoms with Crippen LogP contribution in [0.2, 0.25) is 0 Å². The molecule has 2 N–H and O–H groups in total. The molecule has 100 valence electrons. The quantitative estimate of drug-likeness (QED) is 0.869. The molecule has 2 rings (SSSR count). The third kappa shape index (κ3) is 2.51. The fourth-order valence-corrected chi connectivity index (χ4v) is 2.02. The van der Waals surface area contributed by atoms with Gasteiger partial charge in [0, 0.05) is 32.2 Å². The number of nitrogens with one attached hydrogen (secondary N) is 1. The van der Waals surface area contributed by atoms with Gasteiger partial charge in [0.1, 0.15) is 5.82 Å². The zero-order valence-electron chi connectivity index (χ0n) is 11.1. The van der Waals surface area contributed by atoms with Gasteiger partial charge in [-0.1, -0.05) is 24.3 Å². The first-order valence-electron chi connectivity index (χ1n) is 6.11. The van der Waals surface area contributed by atoms with Gasteiger partial charge >= 0.3 is 0 Å². The Morgan fingerprint density at radius 3 is 2.68 bits per heavy atom. The molecule has 19 heavy (non-hydrogen) atoms. The number of rotatable bonds is 4. The number of carbonyl (C=O) groups is 1. The molecule has 5 heteroatoms. The Morgan fingerprint density at radius 1 is 1.37 bits per heavy atom. The molecule has 0 saturated carbocycles. The van der Waals surface area contributed by atoms with E-state index in [2.05, 4.69) is 10.3 Å². The maximum absolute atomic E-state index is 12.3. The summed E-state index contributed by atoms with van der Waals surface area (Å²) in [5, 5.41) is 13.7. The van der Waals surface area contributed by atoms with Crippen LogP contribution < -0.4 is 5.32 Å². The Morgan fingerprint density at radius 2 is 2.05 bits per heavy atom. The Labute approximate surface area is 111 Å². The van der Waals surface area contributed by atoms with Gasteiger partial charge in [0.2, 0.25) is 0 Å². The highest BCUT2D eigenvalue weighted by atomic mass is 16.3. The number of pyridine rings is 1. The van der Waals surface area contributed by atoms with Crippen LogP contribution in [0.4, 0.5) is 5.82 Å². The minimum absolute atomic E-state index is 0.0534. The molecule has 1 amide bonds. The van der Waals surface area contributed by atoms with Crippen molar-refractivity contribution in [2.45, 2.75) is 0 Å². The highest BCUT2D eigenvalue weighted by Gasteiger charge is 2.16. The van der Waals surface area contributed by atoms with Crippen molar-refractivity contribution in [2.24, 2.45) is 0 Å². The van der Waals surface area contributed by atoms with Gasteiger partial charge in [-0.3, -0.25) is 4.79 Å². The van der Waals surface area contributed by atoms with Crippen molar-refractivity contribution >= 4 is 22.5 Å². The Kier molecular flexibility index (Phi) is 3.97. The molecule has 0 aliphatic rings. The first-order chi connectivity index (χ1) is 9.19.